The first-order valence-electron chi connectivity index (χ1n) is 2.41. The predicted molar refractivity (Wildman–Crippen MR) is 33.5 cm³/mol. The summed E-state index contributed by atoms with van der Waals surface area (Å²) in [6, 6.07) is 0. The fraction of sp³-hybridized carbons (Fsp3) is 1.00. The van der Waals surface area contributed by atoms with Gasteiger partial charge in [-0.3, -0.25) is 0 Å². The molecule has 0 saturated heterocycles. The monoisotopic (exact) mass is 194 g/mol. The summed E-state index contributed by atoms with van der Waals surface area (Å²) in [6.45, 7) is -0.973. The van der Waals surface area contributed by atoms with Crippen molar-refractivity contribution in [2.24, 2.45) is 0 Å². The van der Waals surface area contributed by atoms with Crippen molar-refractivity contribution < 1.29 is 18.6 Å². The molecule has 0 unspecified atom stereocenters. The van der Waals surface area contributed by atoms with Crippen molar-refractivity contribution in [2.45, 2.75) is 10.9 Å². The topological polar surface area (TPSA) is 29.5 Å². The highest BCUT2D eigenvalue weighted by Crippen LogP contribution is 2.27. The van der Waals surface area contributed by atoms with Crippen LogP contribution >= 0.6 is 23.2 Å². The number of aliphatic hydroxyl groups excluding tert-OH is 1. The molecule has 0 saturated carbocycles. The van der Waals surface area contributed by atoms with Crippen molar-refractivity contribution in [1.29, 1.82) is 0 Å². The van der Waals surface area contributed by atoms with Gasteiger partial charge in [0.25, 0.3) is 0 Å². The van der Waals surface area contributed by atoms with Crippen LogP contribution < -0.4 is 0 Å². The maximum absolute atomic E-state index is 12.1. The molecule has 0 aromatic rings. The zero-order valence-corrected chi connectivity index (χ0v) is 6.37. The Morgan fingerprint density at radius 2 is 2.00 bits per heavy atom. The summed E-state index contributed by atoms with van der Waals surface area (Å²) >= 11 is 9.63. The van der Waals surface area contributed by atoms with E-state index in [1.165, 1.54) is 0 Å². The number of aliphatic hydroxyl groups is 1. The Morgan fingerprint density at radius 1 is 1.50 bits per heavy atom. The van der Waals surface area contributed by atoms with Crippen molar-refractivity contribution in [1.82, 2.24) is 0 Å². The van der Waals surface area contributed by atoms with Crippen LogP contribution in [-0.4, -0.2) is 29.3 Å². The number of hydrogen-bond donors (Lipinski definition) is 1. The molecule has 0 radical (unpaired) electrons. The van der Waals surface area contributed by atoms with Gasteiger partial charge in [0.05, 0.1) is 13.2 Å². The largest absolute Gasteiger partial charge is 0.394 e. The molecule has 10 heavy (non-hydrogen) atoms. The lowest BCUT2D eigenvalue weighted by Gasteiger charge is -2.16. The van der Waals surface area contributed by atoms with Crippen molar-refractivity contribution in [2.75, 3.05) is 13.2 Å². The van der Waals surface area contributed by atoms with Gasteiger partial charge in [0.2, 0.25) is 0 Å². The smallest absolute Gasteiger partial charge is 0.385 e. The van der Waals surface area contributed by atoms with Crippen LogP contribution in [0.2, 0.25) is 0 Å². The molecule has 0 aromatic heterocycles. The van der Waals surface area contributed by atoms with Gasteiger partial charge in [0.15, 0.2) is 4.84 Å². The van der Waals surface area contributed by atoms with Gasteiger partial charge in [-0.1, -0.05) is 23.2 Å². The van der Waals surface area contributed by atoms with Crippen molar-refractivity contribution >= 4 is 23.2 Å². The molecule has 6 heteroatoms. The summed E-state index contributed by atoms with van der Waals surface area (Å²) in [5, 5.41) is 8.07. The first kappa shape index (κ1) is 10.4. The highest BCUT2D eigenvalue weighted by molar-refractivity contribution is 6.44. The quantitative estimate of drug-likeness (QED) is 0.686. The molecular weight excluding hydrogens is 189 g/mol. The summed E-state index contributed by atoms with van der Waals surface area (Å²) in [5.74, 6) is 0. The normalized spacial score (nSPS) is 12.6. The number of halogens is 4. The van der Waals surface area contributed by atoms with Crippen LogP contribution in [0.25, 0.3) is 0 Å². The van der Waals surface area contributed by atoms with Crippen LogP contribution in [-0.2, 0) is 4.74 Å². The predicted octanol–water partition coefficient (Wildman–Crippen LogP) is 1.39. The fourth-order valence-electron chi connectivity index (χ4n) is 0.245. The second kappa shape index (κ2) is 4.28. The Kier molecular flexibility index (Phi) is 4.44. The van der Waals surface area contributed by atoms with Gasteiger partial charge < -0.3 is 9.84 Å². The van der Waals surface area contributed by atoms with Gasteiger partial charge in [-0.15, -0.1) is 0 Å². The molecule has 0 aromatic carbocycles. The number of hydrogen-bond acceptors (Lipinski definition) is 2. The minimum atomic E-state index is -3.58. The van der Waals surface area contributed by atoms with Crippen LogP contribution in [0.3, 0.4) is 0 Å². The van der Waals surface area contributed by atoms with Gasteiger partial charge in [-0.25, -0.2) is 0 Å². The van der Waals surface area contributed by atoms with Crippen LogP contribution in [0.5, 0.6) is 0 Å². The van der Waals surface area contributed by atoms with Crippen molar-refractivity contribution in [3.05, 3.63) is 0 Å². The van der Waals surface area contributed by atoms with Crippen LogP contribution in [0.15, 0.2) is 0 Å². The third-order valence-electron chi connectivity index (χ3n) is 0.640. The molecule has 1 N–H and O–H groups in total. The van der Waals surface area contributed by atoms with E-state index in [-0.39, 0.29) is 0 Å². The molecule has 0 aliphatic carbocycles. The third-order valence-corrected chi connectivity index (χ3v) is 1.15. The zero-order valence-electron chi connectivity index (χ0n) is 4.86. The number of ether oxygens (including phenoxy) is 1. The molecule has 0 aliphatic heterocycles. The molecule has 0 rings (SSSR count). The lowest BCUT2D eigenvalue weighted by molar-refractivity contribution is -0.231. The van der Waals surface area contributed by atoms with E-state index < -0.39 is 24.2 Å². The average molecular weight is 195 g/mol. The van der Waals surface area contributed by atoms with Gasteiger partial charge in [-0.05, 0) is 0 Å². The van der Waals surface area contributed by atoms with E-state index in [4.69, 9.17) is 28.3 Å². The first-order valence-corrected chi connectivity index (χ1v) is 3.28. The molecule has 0 spiro atoms. The summed E-state index contributed by atoms with van der Waals surface area (Å²) < 4.78 is 28.1. The maximum Gasteiger partial charge on any atom is 0.385 e. The lowest BCUT2D eigenvalue weighted by atomic mass is 10.7. The average Bonchev–Trinajstić information content (AvgIpc) is 1.84. The molecule has 2 nitrogen and oxygen atoms in total. The first-order chi connectivity index (χ1) is 4.50. The number of alkyl halides is 4. The van der Waals surface area contributed by atoms with E-state index in [9.17, 15) is 8.78 Å². The van der Waals surface area contributed by atoms with E-state index in [1.807, 2.05) is 0 Å². The third kappa shape index (κ3) is 3.51. The van der Waals surface area contributed by atoms with E-state index in [1.54, 1.807) is 0 Å². The van der Waals surface area contributed by atoms with E-state index in [0.717, 1.165) is 0 Å². The Hall–Kier alpha value is 0.360. The second-order valence-electron chi connectivity index (χ2n) is 1.43. The highest BCUT2D eigenvalue weighted by Gasteiger charge is 2.38. The Bertz CT molecular complexity index is 99.3. The van der Waals surface area contributed by atoms with Gasteiger partial charge in [0, 0.05) is 0 Å². The fourth-order valence-corrected chi connectivity index (χ4v) is 0.371. The SMILES string of the molecule is OCCOC(F)(F)C(Cl)Cl. The Labute approximate surface area is 66.7 Å². The van der Waals surface area contributed by atoms with Crippen LogP contribution in [0.4, 0.5) is 8.78 Å². The summed E-state index contributed by atoms with van der Waals surface area (Å²) in [4.78, 5) is -1.90. The molecule has 0 fully saturated rings. The molecule has 62 valence electrons. The lowest BCUT2D eigenvalue weighted by Crippen LogP contribution is -2.29. The Balaban J connectivity index is 3.63. The van der Waals surface area contributed by atoms with Gasteiger partial charge in [-0.2, -0.15) is 8.78 Å². The Morgan fingerprint density at radius 3 is 2.30 bits per heavy atom. The van der Waals surface area contributed by atoms with E-state index in [2.05, 4.69) is 4.74 Å². The minimum Gasteiger partial charge on any atom is -0.394 e. The molecule has 0 atom stereocenters. The highest BCUT2D eigenvalue weighted by atomic mass is 35.5. The second-order valence-corrected chi connectivity index (χ2v) is 2.53. The molecule has 0 aliphatic rings. The summed E-state index contributed by atoms with van der Waals surface area (Å²) in [6.07, 6.45) is -3.58. The van der Waals surface area contributed by atoms with Crippen molar-refractivity contribution in [3.8, 4) is 0 Å². The van der Waals surface area contributed by atoms with E-state index >= 15 is 0 Å². The zero-order chi connectivity index (χ0) is 8.20. The molecular formula is C4H6Cl2F2O2. The van der Waals surface area contributed by atoms with Gasteiger partial charge in [0.1, 0.15) is 0 Å². The van der Waals surface area contributed by atoms with Gasteiger partial charge >= 0.3 is 6.11 Å². The summed E-state index contributed by atoms with van der Waals surface area (Å²) in [7, 11) is 0. The summed E-state index contributed by atoms with van der Waals surface area (Å²) in [5.41, 5.74) is 0. The van der Waals surface area contributed by atoms with Crippen LogP contribution in [0.1, 0.15) is 0 Å². The molecule has 0 bridgehead atoms. The maximum atomic E-state index is 12.1. The molecule has 0 heterocycles. The standard InChI is InChI=1S/C4H6Cl2F2O2/c5-3(6)4(7,8)10-2-1-9/h3,9H,1-2H2. The minimum absolute atomic E-state index is 0.483. The molecule has 0 amide bonds. The van der Waals surface area contributed by atoms with Crippen LogP contribution in [0, 0.1) is 0 Å². The van der Waals surface area contributed by atoms with Crippen molar-refractivity contribution in [3.63, 3.8) is 0 Å². The van der Waals surface area contributed by atoms with E-state index in [0.29, 0.717) is 0 Å². The number of rotatable bonds is 4.